The van der Waals surface area contributed by atoms with Gasteiger partial charge in [-0.2, -0.15) is 0 Å². The lowest BCUT2D eigenvalue weighted by Gasteiger charge is -2.19. The zero-order valence-electron chi connectivity index (χ0n) is 9.93. The van der Waals surface area contributed by atoms with E-state index in [0.29, 0.717) is 0 Å². The first kappa shape index (κ1) is 12.8. The lowest BCUT2D eigenvalue weighted by atomic mass is 10.6. The minimum atomic E-state index is -0.896. The van der Waals surface area contributed by atoms with Gasteiger partial charge in [0, 0.05) is 13.6 Å². The van der Waals surface area contributed by atoms with Crippen molar-refractivity contribution in [3.8, 4) is 0 Å². The van der Waals surface area contributed by atoms with Crippen LogP contribution in [0.25, 0.3) is 0 Å². The van der Waals surface area contributed by atoms with E-state index in [0.717, 1.165) is 6.54 Å². The van der Waals surface area contributed by atoms with Gasteiger partial charge in [0.25, 0.3) is 0 Å². The van der Waals surface area contributed by atoms with Gasteiger partial charge >= 0.3 is 0 Å². The molecule has 0 aliphatic carbocycles. The van der Waals surface area contributed by atoms with Crippen LogP contribution in [0.4, 0.5) is 0 Å². The van der Waals surface area contributed by atoms with Gasteiger partial charge in [0.1, 0.15) is 0 Å². The molecule has 0 aliphatic rings. The molecule has 0 fully saturated rings. The molecule has 0 bridgehead atoms. The molecule has 13 heavy (non-hydrogen) atoms. The van der Waals surface area contributed by atoms with Crippen LogP contribution in [0.15, 0.2) is 12.3 Å². The zero-order chi connectivity index (χ0) is 10.3. The maximum absolute atomic E-state index is 2.48. The Balaban J connectivity index is 3.79. The average molecular weight is 199 g/mol. The first-order chi connectivity index (χ1) is 6.02. The van der Waals surface area contributed by atoms with E-state index in [1.54, 1.807) is 0 Å². The van der Waals surface area contributed by atoms with Crippen LogP contribution in [0.2, 0.25) is 25.2 Å². The van der Waals surface area contributed by atoms with Gasteiger partial charge in [-0.3, -0.25) is 0 Å². The Morgan fingerprint density at radius 1 is 1.23 bits per heavy atom. The molecule has 0 N–H and O–H groups in total. The van der Waals surface area contributed by atoms with E-state index in [9.17, 15) is 0 Å². The molecule has 2 heteroatoms. The maximum Gasteiger partial charge on any atom is 0.0511 e. The lowest BCUT2D eigenvalue weighted by molar-refractivity contribution is 0.483. The third-order valence-electron chi connectivity index (χ3n) is 2.46. The molecule has 0 aromatic rings. The smallest absolute Gasteiger partial charge is 0.0511 e. The summed E-state index contributed by atoms with van der Waals surface area (Å²) in [4.78, 5) is 2.23. The van der Waals surface area contributed by atoms with E-state index in [4.69, 9.17) is 0 Å². The summed E-state index contributed by atoms with van der Waals surface area (Å²) in [6, 6.07) is 2.78. The second-order valence-corrected chi connectivity index (χ2v) is 9.81. The largest absolute Gasteiger partial charge is 0.381 e. The van der Waals surface area contributed by atoms with Gasteiger partial charge in [-0.1, -0.05) is 38.6 Å². The van der Waals surface area contributed by atoms with E-state index >= 15 is 0 Å². The summed E-state index contributed by atoms with van der Waals surface area (Å²) in [5.41, 5.74) is 0. The number of allylic oxidation sites excluding steroid dienone is 1. The molecule has 1 nitrogen and oxygen atoms in total. The van der Waals surface area contributed by atoms with Crippen molar-refractivity contribution < 1.29 is 0 Å². The van der Waals surface area contributed by atoms with Crippen LogP contribution in [0.1, 0.15) is 20.3 Å². The van der Waals surface area contributed by atoms with Gasteiger partial charge in [0.2, 0.25) is 0 Å². The highest BCUT2D eigenvalue weighted by Crippen LogP contribution is 2.17. The van der Waals surface area contributed by atoms with Crippen molar-refractivity contribution in [2.75, 3.05) is 13.6 Å². The standard InChI is InChI=1S/C11H25NSi/c1-6-10-13(4,5)11-8-9-12(3)7-2/h8-9H,6-7,10-11H2,1-5H3. The molecule has 0 heterocycles. The van der Waals surface area contributed by atoms with E-state index in [1.807, 2.05) is 0 Å². The Labute approximate surface area is 84.8 Å². The molecule has 0 unspecified atom stereocenters. The molecular weight excluding hydrogens is 174 g/mol. The summed E-state index contributed by atoms with van der Waals surface area (Å²) in [5.74, 6) is 0. The first-order valence-electron chi connectivity index (χ1n) is 5.38. The van der Waals surface area contributed by atoms with Crippen molar-refractivity contribution >= 4 is 8.07 Å². The summed E-state index contributed by atoms with van der Waals surface area (Å²) in [6.07, 6.45) is 5.92. The zero-order valence-corrected chi connectivity index (χ0v) is 10.9. The monoisotopic (exact) mass is 199 g/mol. The SMILES string of the molecule is CCC[Si](C)(C)CC=CN(C)CC. The summed E-state index contributed by atoms with van der Waals surface area (Å²) < 4.78 is 0. The Bertz CT molecular complexity index is 152. The number of nitrogens with zero attached hydrogens (tertiary/aromatic N) is 1. The van der Waals surface area contributed by atoms with Crippen molar-refractivity contribution in [3.63, 3.8) is 0 Å². The Morgan fingerprint density at radius 3 is 2.31 bits per heavy atom. The Kier molecular flexibility index (Phi) is 6.13. The Morgan fingerprint density at radius 2 is 1.85 bits per heavy atom. The molecule has 0 saturated heterocycles. The third-order valence-corrected chi connectivity index (χ3v) is 5.65. The molecule has 0 rings (SSSR count). The minimum absolute atomic E-state index is 0.896. The summed E-state index contributed by atoms with van der Waals surface area (Å²) in [7, 11) is 1.23. The van der Waals surface area contributed by atoms with Crippen LogP contribution in [-0.4, -0.2) is 26.6 Å². The lowest BCUT2D eigenvalue weighted by Crippen LogP contribution is -2.23. The molecular formula is C11H25NSi. The Hall–Kier alpha value is -0.243. The fraction of sp³-hybridized carbons (Fsp3) is 0.818. The van der Waals surface area contributed by atoms with Gasteiger partial charge in [0.15, 0.2) is 0 Å². The molecule has 0 spiro atoms. The number of hydrogen-bond acceptors (Lipinski definition) is 1. The second kappa shape index (κ2) is 6.25. The predicted molar refractivity (Wildman–Crippen MR) is 64.8 cm³/mol. The van der Waals surface area contributed by atoms with Crippen molar-refractivity contribution in [2.45, 2.75) is 45.5 Å². The van der Waals surface area contributed by atoms with Gasteiger partial charge in [-0.15, -0.1) is 0 Å². The van der Waals surface area contributed by atoms with Gasteiger partial charge < -0.3 is 4.90 Å². The van der Waals surface area contributed by atoms with Crippen LogP contribution in [-0.2, 0) is 0 Å². The minimum Gasteiger partial charge on any atom is -0.381 e. The van der Waals surface area contributed by atoms with Crippen molar-refractivity contribution in [3.05, 3.63) is 12.3 Å². The number of hydrogen-bond donors (Lipinski definition) is 0. The topological polar surface area (TPSA) is 3.24 Å². The fourth-order valence-corrected chi connectivity index (χ4v) is 3.74. The molecule has 0 saturated carbocycles. The average Bonchev–Trinajstić information content (AvgIpc) is 2.03. The quantitative estimate of drug-likeness (QED) is 0.591. The highest BCUT2D eigenvalue weighted by atomic mass is 28.3. The van der Waals surface area contributed by atoms with E-state index < -0.39 is 8.07 Å². The molecule has 0 aromatic carbocycles. The molecule has 0 radical (unpaired) electrons. The van der Waals surface area contributed by atoms with Crippen LogP contribution in [0.3, 0.4) is 0 Å². The molecule has 78 valence electrons. The van der Waals surface area contributed by atoms with Crippen LogP contribution in [0, 0.1) is 0 Å². The second-order valence-electron chi connectivity index (χ2n) is 4.58. The molecule has 0 aromatic heterocycles. The molecule has 0 aliphatic heterocycles. The van der Waals surface area contributed by atoms with E-state index in [-0.39, 0.29) is 0 Å². The fourth-order valence-electron chi connectivity index (χ4n) is 1.44. The first-order valence-corrected chi connectivity index (χ1v) is 8.80. The summed E-state index contributed by atoms with van der Waals surface area (Å²) >= 11 is 0. The van der Waals surface area contributed by atoms with Crippen LogP contribution < -0.4 is 0 Å². The number of rotatable bonds is 6. The van der Waals surface area contributed by atoms with Crippen LogP contribution in [0.5, 0.6) is 0 Å². The van der Waals surface area contributed by atoms with Crippen molar-refractivity contribution in [1.29, 1.82) is 0 Å². The highest BCUT2D eigenvalue weighted by molar-refractivity contribution is 6.77. The predicted octanol–water partition coefficient (Wildman–Crippen LogP) is 3.57. The van der Waals surface area contributed by atoms with E-state index in [1.165, 1.54) is 18.5 Å². The van der Waals surface area contributed by atoms with Gasteiger partial charge in [-0.05, 0) is 19.2 Å². The van der Waals surface area contributed by atoms with Crippen molar-refractivity contribution in [1.82, 2.24) is 4.90 Å². The van der Waals surface area contributed by atoms with Crippen molar-refractivity contribution in [2.24, 2.45) is 0 Å². The maximum atomic E-state index is 2.48. The molecule has 0 amide bonds. The third kappa shape index (κ3) is 6.88. The van der Waals surface area contributed by atoms with E-state index in [2.05, 4.69) is 51.2 Å². The summed E-state index contributed by atoms with van der Waals surface area (Å²) in [6.45, 7) is 10.5. The summed E-state index contributed by atoms with van der Waals surface area (Å²) in [5, 5.41) is 0. The van der Waals surface area contributed by atoms with Crippen LogP contribution >= 0.6 is 0 Å². The molecule has 0 atom stereocenters. The highest BCUT2D eigenvalue weighted by Gasteiger charge is 2.16. The van der Waals surface area contributed by atoms with Gasteiger partial charge in [-0.25, -0.2) is 0 Å². The van der Waals surface area contributed by atoms with Gasteiger partial charge in [0.05, 0.1) is 8.07 Å². The normalized spacial score (nSPS) is 12.4.